The van der Waals surface area contributed by atoms with E-state index < -0.39 is 0 Å². The van der Waals surface area contributed by atoms with Gasteiger partial charge >= 0.3 is 6.09 Å². The Labute approximate surface area is 199 Å². The second kappa shape index (κ2) is 18.7. The fraction of sp³-hybridized carbons (Fsp3) is 0.462. The van der Waals surface area contributed by atoms with Crippen molar-refractivity contribution in [2.75, 3.05) is 13.2 Å². The maximum absolute atomic E-state index is 10.7. The molecule has 2 aromatic carbocycles. The second-order valence-electron chi connectivity index (χ2n) is 8.08. The van der Waals surface area contributed by atoms with Gasteiger partial charge in [-0.3, -0.25) is 9.63 Å². The van der Waals surface area contributed by atoms with E-state index in [0.29, 0.717) is 26.1 Å². The number of carbonyl (C=O) groups is 2. The zero-order valence-electron chi connectivity index (χ0n) is 20.7. The molecule has 0 aromatic heterocycles. The highest BCUT2D eigenvalue weighted by Crippen LogP contribution is 2.06. The number of carbonyl (C=O) groups excluding carboxylic acids is 2. The van der Waals surface area contributed by atoms with Gasteiger partial charge in [-0.25, -0.2) is 10.3 Å². The van der Waals surface area contributed by atoms with Gasteiger partial charge in [0.05, 0.1) is 6.61 Å². The highest BCUT2D eigenvalue weighted by atomic mass is 16.6. The Morgan fingerprint density at radius 3 is 2.03 bits per heavy atom. The van der Waals surface area contributed by atoms with E-state index in [1.165, 1.54) is 11.1 Å². The molecule has 2 aromatic rings. The topological polar surface area (TPSA) is 103 Å². The minimum Gasteiger partial charge on any atom is -0.444 e. The Balaban J connectivity index is 0.000000494. The van der Waals surface area contributed by atoms with Gasteiger partial charge in [0, 0.05) is 13.1 Å². The number of aryl methyl sites for hydroxylation is 2. The normalized spacial score (nSPS) is 10.0. The van der Waals surface area contributed by atoms with E-state index in [9.17, 15) is 9.59 Å². The van der Waals surface area contributed by atoms with E-state index in [1.807, 2.05) is 45.9 Å². The van der Waals surface area contributed by atoms with Crippen LogP contribution in [0.5, 0.6) is 0 Å². The van der Waals surface area contributed by atoms with E-state index in [4.69, 9.17) is 15.3 Å². The molecule has 0 saturated heterocycles. The molecule has 0 aliphatic heterocycles. The fourth-order valence-corrected chi connectivity index (χ4v) is 2.46. The summed E-state index contributed by atoms with van der Waals surface area (Å²) in [5.41, 5.74) is 11.1. The van der Waals surface area contributed by atoms with Gasteiger partial charge in [-0.2, -0.15) is 0 Å². The van der Waals surface area contributed by atoms with Crippen LogP contribution in [0.4, 0.5) is 4.79 Å². The largest absolute Gasteiger partial charge is 0.444 e. The molecule has 0 bridgehead atoms. The lowest BCUT2D eigenvalue weighted by atomic mass is 10.1. The molecule has 0 heterocycles. The summed E-state index contributed by atoms with van der Waals surface area (Å²) in [5.74, 6) is 0. The third kappa shape index (κ3) is 18.4. The van der Waals surface area contributed by atoms with Crippen LogP contribution in [0.2, 0.25) is 0 Å². The summed E-state index contributed by atoms with van der Waals surface area (Å²) in [5, 5.41) is 2.54. The highest BCUT2D eigenvalue weighted by Gasteiger charge is 2.14. The number of benzene rings is 2. The molecular weight excluding hydrogens is 418 g/mol. The second-order valence-corrected chi connectivity index (χ2v) is 8.08. The van der Waals surface area contributed by atoms with Crippen LogP contribution in [0.3, 0.4) is 0 Å². The van der Waals surface area contributed by atoms with Crippen molar-refractivity contribution in [3.63, 3.8) is 0 Å². The van der Waals surface area contributed by atoms with Crippen LogP contribution in [-0.4, -0.2) is 31.3 Å². The summed E-state index contributed by atoms with van der Waals surface area (Å²) in [6, 6.07) is 18.6. The molecule has 184 valence electrons. The number of nitrogens with two attached hydrogens (primary N) is 1. The van der Waals surface area contributed by atoms with Crippen molar-refractivity contribution >= 4 is 12.5 Å². The lowest BCUT2D eigenvalue weighted by Gasteiger charge is -2.19. The third-order valence-corrected chi connectivity index (χ3v) is 4.07. The summed E-state index contributed by atoms with van der Waals surface area (Å²) < 4.78 is 4.93. The van der Waals surface area contributed by atoms with Crippen LogP contribution in [0.25, 0.3) is 0 Å². The zero-order chi connectivity index (χ0) is 25.0. The third-order valence-electron chi connectivity index (χ3n) is 4.07. The van der Waals surface area contributed by atoms with E-state index in [1.54, 1.807) is 0 Å². The molecule has 0 fully saturated rings. The Morgan fingerprint density at radius 2 is 1.58 bits per heavy atom. The number of amides is 2. The lowest BCUT2D eigenvalue weighted by Crippen LogP contribution is -2.32. The van der Waals surface area contributed by atoms with Crippen molar-refractivity contribution in [1.29, 1.82) is 0 Å². The Hall–Kier alpha value is -2.90. The molecule has 7 heteroatoms. The minimum absolute atomic E-state index is 0.352. The average Bonchev–Trinajstić information content (AvgIpc) is 2.80. The Bertz CT molecular complexity index is 744. The SMILES string of the molecule is CCNC(=O)OC(C)(C)C.CCc1ccccc1.NCc1ccc(CCCONC=O)cc1. The summed E-state index contributed by atoms with van der Waals surface area (Å²) >= 11 is 0. The Morgan fingerprint density at radius 1 is 0.970 bits per heavy atom. The first kappa shape index (κ1) is 30.1. The van der Waals surface area contributed by atoms with Crippen molar-refractivity contribution in [1.82, 2.24) is 10.8 Å². The van der Waals surface area contributed by atoms with E-state index in [2.05, 4.69) is 54.1 Å². The van der Waals surface area contributed by atoms with Gasteiger partial charge in [0.2, 0.25) is 6.41 Å². The van der Waals surface area contributed by atoms with Crippen LogP contribution in [0.15, 0.2) is 54.6 Å². The maximum Gasteiger partial charge on any atom is 0.407 e. The number of hydrogen-bond acceptors (Lipinski definition) is 5. The number of hydroxylamine groups is 1. The molecule has 0 spiro atoms. The van der Waals surface area contributed by atoms with Gasteiger partial charge in [-0.1, -0.05) is 61.5 Å². The molecule has 0 aliphatic carbocycles. The predicted molar refractivity (Wildman–Crippen MR) is 134 cm³/mol. The van der Waals surface area contributed by atoms with Crippen LogP contribution in [-0.2, 0) is 33.8 Å². The quantitative estimate of drug-likeness (QED) is 0.290. The monoisotopic (exact) mass is 459 g/mol. The number of alkyl carbamates (subject to hydrolysis) is 1. The molecule has 0 aliphatic rings. The molecular formula is C26H41N3O4. The number of hydrogen-bond donors (Lipinski definition) is 3. The first-order chi connectivity index (χ1) is 15.8. The predicted octanol–water partition coefficient (Wildman–Crippen LogP) is 4.54. The van der Waals surface area contributed by atoms with Crippen LogP contribution < -0.4 is 16.5 Å². The van der Waals surface area contributed by atoms with Gasteiger partial charge in [0.15, 0.2) is 0 Å². The van der Waals surface area contributed by atoms with Gasteiger partial charge < -0.3 is 15.8 Å². The molecule has 0 unspecified atom stereocenters. The van der Waals surface area contributed by atoms with Crippen molar-refractivity contribution in [3.8, 4) is 0 Å². The van der Waals surface area contributed by atoms with Crippen LogP contribution >= 0.6 is 0 Å². The zero-order valence-corrected chi connectivity index (χ0v) is 20.7. The van der Waals surface area contributed by atoms with Crippen LogP contribution in [0.1, 0.15) is 57.7 Å². The van der Waals surface area contributed by atoms with Gasteiger partial charge in [0.1, 0.15) is 5.60 Å². The Kier molecular flexibility index (Phi) is 17.0. The number of ether oxygens (including phenoxy) is 1. The van der Waals surface area contributed by atoms with E-state index in [-0.39, 0.29) is 11.7 Å². The summed E-state index contributed by atoms with van der Waals surface area (Å²) in [4.78, 5) is 25.4. The van der Waals surface area contributed by atoms with Crippen molar-refractivity contribution in [3.05, 3.63) is 71.3 Å². The maximum atomic E-state index is 10.7. The average molecular weight is 460 g/mol. The van der Waals surface area contributed by atoms with Crippen molar-refractivity contribution in [2.24, 2.45) is 5.73 Å². The molecule has 0 saturated carbocycles. The molecule has 7 nitrogen and oxygen atoms in total. The summed E-state index contributed by atoms with van der Waals surface area (Å²) in [6.07, 6.45) is 3.13. The standard InChI is InChI=1S/C11H16N2O2.C8H10.C7H15NO2/c12-8-11-5-3-10(4-6-11)2-1-7-15-13-9-14;1-2-8-6-4-3-5-7-8;1-5-8-6(9)10-7(2,3)4/h3-6,9H,1-2,7-8,12H2,(H,13,14);3-7H,2H2,1H3;5H2,1-4H3,(H,8,9). The molecule has 0 radical (unpaired) electrons. The smallest absolute Gasteiger partial charge is 0.407 e. The molecule has 2 amide bonds. The van der Waals surface area contributed by atoms with Crippen molar-refractivity contribution < 1.29 is 19.2 Å². The first-order valence-corrected chi connectivity index (χ1v) is 11.3. The minimum atomic E-state index is -0.390. The van der Waals surface area contributed by atoms with Gasteiger partial charge in [-0.05, 0) is 63.6 Å². The molecule has 2 rings (SSSR count). The van der Waals surface area contributed by atoms with E-state index in [0.717, 1.165) is 24.8 Å². The van der Waals surface area contributed by atoms with Gasteiger partial charge in [-0.15, -0.1) is 0 Å². The van der Waals surface area contributed by atoms with Crippen LogP contribution in [0, 0.1) is 0 Å². The summed E-state index contributed by atoms with van der Waals surface area (Å²) in [6.45, 7) is 11.2. The molecule has 33 heavy (non-hydrogen) atoms. The fourth-order valence-electron chi connectivity index (χ4n) is 2.46. The van der Waals surface area contributed by atoms with E-state index >= 15 is 0 Å². The summed E-state index contributed by atoms with van der Waals surface area (Å²) in [7, 11) is 0. The molecule has 0 atom stereocenters. The molecule has 4 N–H and O–H groups in total. The van der Waals surface area contributed by atoms with Gasteiger partial charge in [0.25, 0.3) is 0 Å². The highest BCUT2D eigenvalue weighted by molar-refractivity contribution is 5.67. The first-order valence-electron chi connectivity index (χ1n) is 11.3. The van der Waals surface area contributed by atoms with Crippen molar-refractivity contribution in [2.45, 2.75) is 66.0 Å². The number of rotatable bonds is 9. The number of nitrogens with one attached hydrogen (secondary N) is 2. The lowest BCUT2D eigenvalue weighted by molar-refractivity contribution is -0.120.